The fourth-order valence-electron chi connectivity index (χ4n) is 2.84. The summed E-state index contributed by atoms with van der Waals surface area (Å²) in [5, 5.41) is 0. The van der Waals surface area contributed by atoms with Crippen molar-refractivity contribution < 1.29 is 17.9 Å². The maximum atomic E-state index is 13.0. The van der Waals surface area contributed by atoms with E-state index < -0.39 is 11.9 Å². The van der Waals surface area contributed by atoms with Crippen LogP contribution in [0.1, 0.15) is 24.4 Å². The van der Waals surface area contributed by atoms with Gasteiger partial charge < -0.3 is 9.64 Å². The van der Waals surface area contributed by atoms with Gasteiger partial charge in [-0.15, -0.1) is 0 Å². The van der Waals surface area contributed by atoms with E-state index in [4.69, 9.17) is 4.74 Å². The van der Waals surface area contributed by atoms with E-state index in [0.29, 0.717) is 25.5 Å². The SMILES string of the molecule is Cc1nc(N2CCCC(COc3ncc(Br)cn3)C2)cc(C(F)(F)F)n1. The zero-order valence-electron chi connectivity index (χ0n) is 14.0. The summed E-state index contributed by atoms with van der Waals surface area (Å²) in [5.74, 6) is 0.562. The molecule has 2 aromatic rings. The van der Waals surface area contributed by atoms with Crippen molar-refractivity contribution in [2.45, 2.75) is 25.9 Å². The number of aryl methyl sites for hydroxylation is 1. The van der Waals surface area contributed by atoms with Gasteiger partial charge in [-0.2, -0.15) is 13.2 Å². The molecule has 3 heterocycles. The number of hydrogen-bond acceptors (Lipinski definition) is 6. The predicted molar refractivity (Wildman–Crippen MR) is 91.9 cm³/mol. The molecule has 6 nitrogen and oxygen atoms in total. The van der Waals surface area contributed by atoms with Crippen LogP contribution < -0.4 is 9.64 Å². The highest BCUT2D eigenvalue weighted by atomic mass is 79.9. The number of ether oxygens (including phenoxy) is 1. The van der Waals surface area contributed by atoms with Gasteiger partial charge >= 0.3 is 12.2 Å². The fourth-order valence-corrected chi connectivity index (χ4v) is 3.04. The highest BCUT2D eigenvalue weighted by molar-refractivity contribution is 9.10. The van der Waals surface area contributed by atoms with Gasteiger partial charge in [0.05, 0.1) is 11.1 Å². The van der Waals surface area contributed by atoms with E-state index in [0.717, 1.165) is 23.4 Å². The van der Waals surface area contributed by atoms with E-state index in [2.05, 4.69) is 35.9 Å². The van der Waals surface area contributed by atoms with E-state index in [1.54, 1.807) is 12.4 Å². The average Bonchev–Trinajstić information content (AvgIpc) is 2.60. The minimum Gasteiger partial charge on any atom is -0.463 e. The number of rotatable bonds is 4. The van der Waals surface area contributed by atoms with E-state index in [9.17, 15) is 13.2 Å². The molecule has 2 aromatic heterocycles. The normalized spacial score (nSPS) is 18.0. The number of piperidine rings is 1. The van der Waals surface area contributed by atoms with Crippen LogP contribution in [0.15, 0.2) is 22.9 Å². The summed E-state index contributed by atoms with van der Waals surface area (Å²) in [5.41, 5.74) is -0.915. The highest BCUT2D eigenvalue weighted by Crippen LogP contribution is 2.31. The van der Waals surface area contributed by atoms with Crippen molar-refractivity contribution in [3.8, 4) is 6.01 Å². The monoisotopic (exact) mass is 431 g/mol. The van der Waals surface area contributed by atoms with Crippen LogP contribution in [0, 0.1) is 12.8 Å². The van der Waals surface area contributed by atoms with Crippen molar-refractivity contribution >= 4 is 21.7 Å². The summed E-state index contributed by atoms with van der Waals surface area (Å²) >= 11 is 3.25. The van der Waals surface area contributed by atoms with Gasteiger partial charge in [-0.1, -0.05) is 0 Å². The largest absolute Gasteiger partial charge is 0.463 e. The Morgan fingerprint density at radius 1 is 1.27 bits per heavy atom. The molecular weight excluding hydrogens is 415 g/mol. The lowest BCUT2D eigenvalue weighted by atomic mass is 9.99. The third-order valence-corrected chi connectivity index (χ3v) is 4.41. The number of alkyl halides is 3. The lowest BCUT2D eigenvalue weighted by Gasteiger charge is -2.33. The Morgan fingerprint density at radius 3 is 2.69 bits per heavy atom. The summed E-state index contributed by atoms with van der Waals surface area (Å²) in [7, 11) is 0. The van der Waals surface area contributed by atoms with Crippen LogP contribution in [0.2, 0.25) is 0 Å². The van der Waals surface area contributed by atoms with E-state index in [1.807, 2.05) is 4.90 Å². The maximum Gasteiger partial charge on any atom is 0.433 e. The molecule has 1 saturated heterocycles. The molecule has 0 aromatic carbocycles. The fraction of sp³-hybridized carbons (Fsp3) is 0.500. The van der Waals surface area contributed by atoms with Gasteiger partial charge in [0.1, 0.15) is 17.3 Å². The summed E-state index contributed by atoms with van der Waals surface area (Å²) in [4.78, 5) is 17.6. The second-order valence-electron chi connectivity index (χ2n) is 6.11. The molecule has 0 bridgehead atoms. The maximum absolute atomic E-state index is 13.0. The van der Waals surface area contributed by atoms with Gasteiger partial charge in [-0.05, 0) is 35.7 Å². The van der Waals surface area contributed by atoms with Crippen molar-refractivity contribution in [3.63, 3.8) is 0 Å². The number of anilines is 1. The molecule has 1 unspecified atom stereocenters. The summed E-state index contributed by atoms with van der Waals surface area (Å²) < 4.78 is 45.3. The predicted octanol–water partition coefficient (Wildman–Crippen LogP) is 3.65. The summed E-state index contributed by atoms with van der Waals surface area (Å²) in [6.45, 7) is 3.08. The van der Waals surface area contributed by atoms with Gasteiger partial charge in [0.2, 0.25) is 0 Å². The van der Waals surface area contributed by atoms with Gasteiger partial charge in [0.15, 0.2) is 0 Å². The lowest BCUT2D eigenvalue weighted by molar-refractivity contribution is -0.141. The van der Waals surface area contributed by atoms with Crippen LogP contribution in [-0.2, 0) is 6.18 Å². The van der Waals surface area contributed by atoms with Crippen LogP contribution in [0.3, 0.4) is 0 Å². The quantitative estimate of drug-likeness (QED) is 0.735. The average molecular weight is 432 g/mol. The summed E-state index contributed by atoms with van der Waals surface area (Å²) in [6, 6.07) is 1.29. The summed E-state index contributed by atoms with van der Waals surface area (Å²) in [6.07, 6.45) is 0.470. The standard InChI is InChI=1S/C16H17BrF3N5O/c1-10-23-13(16(18,19)20)5-14(24-10)25-4-2-3-11(8-25)9-26-15-21-6-12(17)7-22-15/h5-7,11H,2-4,8-9H2,1H3. The molecule has 0 amide bonds. The van der Waals surface area contributed by atoms with Crippen LogP contribution in [-0.4, -0.2) is 39.6 Å². The molecule has 1 fully saturated rings. The molecule has 0 aliphatic carbocycles. The van der Waals surface area contributed by atoms with Crippen molar-refractivity contribution in [3.05, 3.63) is 34.5 Å². The Kier molecular flexibility index (Phi) is 5.59. The molecule has 26 heavy (non-hydrogen) atoms. The number of nitrogens with zero attached hydrogens (tertiary/aromatic N) is 5. The van der Waals surface area contributed by atoms with Crippen molar-refractivity contribution in [1.82, 2.24) is 19.9 Å². The Bertz CT molecular complexity index is 757. The second kappa shape index (κ2) is 7.73. The molecule has 1 atom stereocenters. The number of hydrogen-bond donors (Lipinski definition) is 0. The first kappa shape index (κ1) is 18.8. The van der Waals surface area contributed by atoms with Gasteiger partial charge in [0.25, 0.3) is 0 Å². The van der Waals surface area contributed by atoms with E-state index in [-0.39, 0.29) is 17.8 Å². The second-order valence-corrected chi connectivity index (χ2v) is 7.02. The Balaban J connectivity index is 1.66. The molecule has 0 saturated carbocycles. The lowest BCUT2D eigenvalue weighted by Crippen LogP contribution is -2.38. The topological polar surface area (TPSA) is 64.0 Å². The first-order valence-electron chi connectivity index (χ1n) is 8.09. The Morgan fingerprint density at radius 2 is 2.00 bits per heavy atom. The number of halogens is 4. The van der Waals surface area contributed by atoms with Gasteiger partial charge in [-0.25, -0.2) is 19.9 Å². The van der Waals surface area contributed by atoms with Crippen molar-refractivity contribution in [1.29, 1.82) is 0 Å². The Hall–Kier alpha value is -1.97. The van der Waals surface area contributed by atoms with Crippen LogP contribution >= 0.6 is 15.9 Å². The molecule has 0 spiro atoms. The van der Waals surface area contributed by atoms with E-state index in [1.165, 1.54) is 6.92 Å². The minimum absolute atomic E-state index is 0.108. The minimum atomic E-state index is -4.49. The van der Waals surface area contributed by atoms with Crippen LogP contribution in [0.25, 0.3) is 0 Å². The van der Waals surface area contributed by atoms with Crippen LogP contribution in [0.4, 0.5) is 19.0 Å². The smallest absolute Gasteiger partial charge is 0.433 e. The molecule has 1 aliphatic rings. The molecule has 1 aliphatic heterocycles. The molecule has 3 rings (SSSR count). The molecule has 140 valence electrons. The molecule has 0 N–H and O–H groups in total. The first-order valence-corrected chi connectivity index (χ1v) is 8.89. The van der Waals surface area contributed by atoms with Crippen LogP contribution in [0.5, 0.6) is 6.01 Å². The third-order valence-electron chi connectivity index (χ3n) is 4.00. The van der Waals surface area contributed by atoms with Crippen molar-refractivity contribution in [2.75, 3.05) is 24.6 Å². The third kappa shape index (κ3) is 4.80. The molecular formula is C16H17BrF3N5O. The zero-order valence-corrected chi connectivity index (χ0v) is 15.6. The first-order chi connectivity index (χ1) is 12.3. The zero-order chi connectivity index (χ0) is 18.7. The highest BCUT2D eigenvalue weighted by Gasteiger charge is 2.34. The van der Waals surface area contributed by atoms with E-state index >= 15 is 0 Å². The Labute approximate surface area is 157 Å². The van der Waals surface area contributed by atoms with Crippen molar-refractivity contribution in [2.24, 2.45) is 5.92 Å². The molecule has 0 radical (unpaired) electrons. The molecule has 10 heteroatoms. The van der Waals surface area contributed by atoms with Gasteiger partial charge in [-0.3, -0.25) is 0 Å². The number of aromatic nitrogens is 4. The van der Waals surface area contributed by atoms with Gasteiger partial charge in [0, 0.05) is 37.5 Å².